The highest BCUT2D eigenvalue weighted by molar-refractivity contribution is 6.10. The fourth-order valence-electron chi connectivity index (χ4n) is 5.54. The Morgan fingerprint density at radius 2 is 1.67 bits per heavy atom. The number of methoxy groups -OCH3 is 2. The van der Waals surface area contributed by atoms with Crippen molar-refractivity contribution in [1.29, 1.82) is 0 Å². The molecule has 2 atom stereocenters. The van der Waals surface area contributed by atoms with Crippen molar-refractivity contribution >= 4 is 17.4 Å². The topological polar surface area (TPSA) is 76.7 Å². The lowest BCUT2D eigenvalue weighted by Gasteiger charge is -2.37. The summed E-state index contributed by atoms with van der Waals surface area (Å²) in [7, 11) is 3.16. The molecule has 1 amide bonds. The van der Waals surface area contributed by atoms with Gasteiger partial charge in [-0.1, -0.05) is 35.9 Å². The Morgan fingerprint density at radius 1 is 0.923 bits per heavy atom. The van der Waals surface area contributed by atoms with Crippen LogP contribution in [0.25, 0.3) is 0 Å². The average Bonchev–Trinajstić information content (AvgIpc) is 2.92. The van der Waals surface area contributed by atoms with Crippen LogP contribution in [0.2, 0.25) is 0 Å². The van der Waals surface area contributed by atoms with Crippen LogP contribution >= 0.6 is 0 Å². The first-order valence-corrected chi connectivity index (χ1v) is 12.9. The van der Waals surface area contributed by atoms with Crippen molar-refractivity contribution in [3.8, 4) is 11.5 Å². The number of ether oxygens (including phenoxy) is 2. The maximum Gasteiger partial charge on any atom is 0.254 e. The second-order valence-corrected chi connectivity index (χ2v) is 10.0. The predicted molar refractivity (Wildman–Crippen MR) is 148 cm³/mol. The monoisotopic (exact) mass is 526 g/mol. The number of dihydropyridines is 1. The van der Waals surface area contributed by atoms with Gasteiger partial charge in [0, 0.05) is 40.6 Å². The first-order valence-electron chi connectivity index (χ1n) is 12.9. The van der Waals surface area contributed by atoms with Gasteiger partial charge in [-0.05, 0) is 73.7 Å². The van der Waals surface area contributed by atoms with Crippen LogP contribution in [0.5, 0.6) is 11.5 Å². The minimum atomic E-state index is -0.693. The molecule has 0 aromatic heterocycles. The fourth-order valence-corrected chi connectivity index (χ4v) is 5.54. The van der Waals surface area contributed by atoms with E-state index in [1.807, 2.05) is 56.3 Å². The number of benzene rings is 3. The third kappa shape index (κ3) is 5.17. The van der Waals surface area contributed by atoms with E-state index in [0.29, 0.717) is 46.0 Å². The summed E-state index contributed by atoms with van der Waals surface area (Å²) in [6.45, 7) is 3.80. The van der Waals surface area contributed by atoms with Crippen LogP contribution in [-0.4, -0.2) is 25.9 Å². The molecule has 0 radical (unpaired) electrons. The lowest BCUT2D eigenvalue weighted by molar-refractivity contribution is -0.116. The normalized spacial score (nSPS) is 18.8. The van der Waals surface area contributed by atoms with E-state index in [2.05, 4.69) is 10.6 Å². The van der Waals surface area contributed by atoms with Gasteiger partial charge in [-0.25, -0.2) is 4.39 Å². The molecule has 0 saturated carbocycles. The van der Waals surface area contributed by atoms with E-state index in [-0.39, 0.29) is 24.0 Å². The molecule has 0 spiro atoms. The number of nitrogens with one attached hydrogen (secondary N) is 2. The van der Waals surface area contributed by atoms with Crippen molar-refractivity contribution in [3.63, 3.8) is 0 Å². The van der Waals surface area contributed by atoms with Gasteiger partial charge >= 0.3 is 0 Å². The maximum absolute atomic E-state index is 14.4. The summed E-state index contributed by atoms with van der Waals surface area (Å²) in [5.74, 6) is -0.398. The van der Waals surface area contributed by atoms with Crippen LogP contribution in [0.4, 0.5) is 10.1 Å². The number of hydrogen-bond acceptors (Lipinski definition) is 5. The highest BCUT2D eigenvalue weighted by Crippen LogP contribution is 2.46. The number of ketones is 1. The summed E-state index contributed by atoms with van der Waals surface area (Å²) in [6, 6.07) is 19.3. The second kappa shape index (κ2) is 10.8. The Balaban J connectivity index is 1.54. The van der Waals surface area contributed by atoms with Crippen LogP contribution < -0.4 is 20.1 Å². The van der Waals surface area contributed by atoms with Crippen molar-refractivity contribution < 1.29 is 23.5 Å². The smallest absolute Gasteiger partial charge is 0.254 e. The number of anilines is 1. The highest BCUT2D eigenvalue weighted by Gasteiger charge is 2.41. The molecule has 0 bridgehead atoms. The molecule has 1 aliphatic carbocycles. The predicted octanol–water partition coefficient (Wildman–Crippen LogP) is 6.15. The number of allylic oxidation sites excluding steroid dienone is 3. The van der Waals surface area contributed by atoms with Crippen LogP contribution in [0.3, 0.4) is 0 Å². The van der Waals surface area contributed by atoms with Gasteiger partial charge in [-0.15, -0.1) is 0 Å². The average molecular weight is 527 g/mol. The summed E-state index contributed by atoms with van der Waals surface area (Å²) in [4.78, 5) is 27.5. The first-order chi connectivity index (χ1) is 18.8. The molecule has 200 valence electrons. The van der Waals surface area contributed by atoms with Crippen LogP contribution in [-0.2, 0) is 9.59 Å². The number of rotatable bonds is 6. The van der Waals surface area contributed by atoms with Gasteiger partial charge in [-0.2, -0.15) is 0 Å². The zero-order valence-corrected chi connectivity index (χ0v) is 22.4. The summed E-state index contributed by atoms with van der Waals surface area (Å²) < 4.78 is 25.3. The van der Waals surface area contributed by atoms with Gasteiger partial charge in [0.25, 0.3) is 5.91 Å². The molecule has 7 heteroatoms. The molecule has 0 fully saturated rings. The van der Waals surface area contributed by atoms with Crippen molar-refractivity contribution in [2.75, 3.05) is 19.5 Å². The number of carbonyl (C=O) groups is 2. The zero-order chi connectivity index (χ0) is 27.7. The summed E-state index contributed by atoms with van der Waals surface area (Å²) in [5, 5.41) is 6.33. The number of hydrogen-bond donors (Lipinski definition) is 2. The van der Waals surface area contributed by atoms with Gasteiger partial charge in [0.05, 0.1) is 14.2 Å². The number of Topliss-reactive ketones (excluding diaryl/α,β-unsaturated/α-hetero) is 1. The molecule has 3 aromatic rings. The van der Waals surface area contributed by atoms with Crippen molar-refractivity contribution in [1.82, 2.24) is 5.32 Å². The van der Waals surface area contributed by atoms with E-state index in [4.69, 9.17) is 9.47 Å². The van der Waals surface area contributed by atoms with E-state index >= 15 is 0 Å². The Morgan fingerprint density at radius 3 is 2.36 bits per heavy atom. The highest BCUT2D eigenvalue weighted by atomic mass is 19.1. The minimum absolute atomic E-state index is 0.0778. The Labute approximate surface area is 227 Å². The van der Waals surface area contributed by atoms with Gasteiger partial charge in [0.2, 0.25) is 0 Å². The van der Waals surface area contributed by atoms with Crippen LogP contribution in [0.15, 0.2) is 89.3 Å². The van der Waals surface area contributed by atoms with Gasteiger partial charge in [0.1, 0.15) is 5.82 Å². The van der Waals surface area contributed by atoms with Crippen molar-refractivity contribution in [2.45, 2.75) is 38.5 Å². The third-order valence-electron chi connectivity index (χ3n) is 7.44. The molecule has 1 heterocycles. The molecule has 2 unspecified atom stereocenters. The van der Waals surface area contributed by atoms with Gasteiger partial charge < -0.3 is 20.1 Å². The first kappa shape index (κ1) is 26.2. The Kier molecular flexibility index (Phi) is 7.24. The van der Waals surface area contributed by atoms with E-state index in [1.165, 1.54) is 12.1 Å². The van der Waals surface area contributed by atoms with Crippen molar-refractivity contribution in [2.24, 2.45) is 0 Å². The second-order valence-electron chi connectivity index (χ2n) is 10.0. The Hall–Kier alpha value is -4.39. The number of halogens is 1. The summed E-state index contributed by atoms with van der Waals surface area (Å²) in [5.41, 5.74) is 5.54. The molecule has 5 rings (SSSR count). The van der Waals surface area contributed by atoms with Crippen molar-refractivity contribution in [3.05, 3.63) is 112 Å². The van der Waals surface area contributed by atoms with Gasteiger partial charge in [0.15, 0.2) is 17.3 Å². The van der Waals surface area contributed by atoms with E-state index in [9.17, 15) is 14.0 Å². The van der Waals surface area contributed by atoms with Gasteiger partial charge in [-0.3, -0.25) is 9.59 Å². The number of aryl methyl sites for hydroxylation is 1. The fraction of sp³-hybridized carbons (Fsp3) is 0.250. The molecule has 6 nitrogen and oxygen atoms in total. The lowest BCUT2D eigenvalue weighted by atomic mass is 9.71. The third-order valence-corrected chi connectivity index (χ3v) is 7.44. The number of carbonyl (C=O) groups excluding carboxylic acids is 2. The summed E-state index contributed by atoms with van der Waals surface area (Å²) >= 11 is 0. The molecule has 3 aromatic carbocycles. The van der Waals surface area contributed by atoms with E-state index in [1.54, 1.807) is 26.4 Å². The Bertz CT molecular complexity index is 1510. The quantitative estimate of drug-likeness (QED) is 0.403. The van der Waals surface area contributed by atoms with E-state index < -0.39 is 11.7 Å². The molecule has 2 N–H and O–H groups in total. The maximum atomic E-state index is 14.4. The zero-order valence-electron chi connectivity index (χ0n) is 22.4. The largest absolute Gasteiger partial charge is 0.493 e. The molecule has 2 aliphatic rings. The lowest BCUT2D eigenvalue weighted by Crippen LogP contribution is -2.37. The summed E-state index contributed by atoms with van der Waals surface area (Å²) in [6.07, 6.45) is 0.820. The van der Waals surface area contributed by atoms with Crippen LogP contribution in [0, 0.1) is 12.7 Å². The number of amides is 1. The molecule has 39 heavy (non-hydrogen) atoms. The van der Waals surface area contributed by atoms with E-state index in [0.717, 1.165) is 16.8 Å². The SMILES string of the molecule is COc1ccc(C2CC(=O)C3=C(C2)NC(C)=C(C(=O)Nc2ccc(C)cc2)C3c2cccc(F)c2)cc1OC. The standard InChI is InChI=1S/C32H31FN2O4/c1-18-8-11-24(12-9-18)35-32(37)29-19(2)34-25-15-22(20-10-13-27(38-3)28(17-20)39-4)16-26(36)31(25)30(29)21-6-5-7-23(33)14-21/h5-14,17,22,30,34H,15-16H2,1-4H3,(H,35,37). The minimum Gasteiger partial charge on any atom is -0.493 e. The molecular formula is C32H31FN2O4. The molecule has 1 aliphatic heterocycles. The van der Waals surface area contributed by atoms with Crippen LogP contribution in [0.1, 0.15) is 48.3 Å². The molecule has 0 saturated heterocycles. The molecular weight excluding hydrogens is 495 g/mol.